The smallest absolute Gasteiger partial charge is 0.161 e. The molecule has 2 N–H and O–H groups in total. The highest BCUT2D eigenvalue weighted by Gasteiger charge is 2.24. The molecule has 0 aliphatic carbocycles. The lowest BCUT2D eigenvalue weighted by Crippen LogP contribution is -2.33. The van der Waals surface area contributed by atoms with Gasteiger partial charge in [-0.1, -0.05) is 26.0 Å². The SMILES string of the molecule is CNCC(O)COc1cccc(-c2cc(N(C)C3CCOC3)n3ncc(C(C)C)c3n2)c1. The molecule has 3 aromatic rings. The Kier molecular flexibility index (Phi) is 6.93. The molecule has 1 fully saturated rings. The summed E-state index contributed by atoms with van der Waals surface area (Å²) in [5.41, 5.74) is 3.81. The minimum Gasteiger partial charge on any atom is -0.491 e. The van der Waals surface area contributed by atoms with Gasteiger partial charge < -0.3 is 24.8 Å². The third-order valence-corrected chi connectivity index (χ3v) is 5.93. The van der Waals surface area contributed by atoms with Gasteiger partial charge in [-0.3, -0.25) is 0 Å². The zero-order chi connectivity index (χ0) is 22.7. The van der Waals surface area contributed by atoms with Gasteiger partial charge in [0, 0.05) is 37.4 Å². The summed E-state index contributed by atoms with van der Waals surface area (Å²) in [6.07, 6.45) is 2.35. The summed E-state index contributed by atoms with van der Waals surface area (Å²) < 4.78 is 13.4. The number of aliphatic hydroxyl groups is 1. The molecule has 8 heteroatoms. The molecule has 3 heterocycles. The summed E-state index contributed by atoms with van der Waals surface area (Å²) in [5.74, 6) is 2.01. The number of nitrogens with zero attached hydrogens (tertiary/aromatic N) is 4. The average Bonchev–Trinajstić information content (AvgIpc) is 3.47. The Balaban J connectivity index is 1.72. The van der Waals surface area contributed by atoms with Crippen LogP contribution < -0.4 is 15.0 Å². The highest BCUT2D eigenvalue weighted by Crippen LogP contribution is 2.31. The molecule has 8 nitrogen and oxygen atoms in total. The molecule has 0 amide bonds. The fourth-order valence-electron chi connectivity index (χ4n) is 4.02. The number of nitrogens with one attached hydrogen (secondary N) is 1. The molecule has 2 aromatic heterocycles. The highest BCUT2D eigenvalue weighted by atomic mass is 16.5. The lowest BCUT2D eigenvalue weighted by atomic mass is 10.1. The minimum atomic E-state index is -0.563. The zero-order valence-corrected chi connectivity index (χ0v) is 19.3. The van der Waals surface area contributed by atoms with Gasteiger partial charge in [0.25, 0.3) is 0 Å². The van der Waals surface area contributed by atoms with Gasteiger partial charge in [-0.2, -0.15) is 9.61 Å². The second-order valence-corrected chi connectivity index (χ2v) is 8.67. The van der Waals surface area contributed by atoms with E-state index in [9.17, 15) is 5.11 Å². The Morgan fingerprint density at radius 1 is 1.34 bits per heavy atom. The van der Waals surface area contributed by atoms with Crippen molar-refractivity contribution in [3.63, 3.8) is 0 Å². The monoisotopic (exact) mass is 439 g/mol. The van der Waals surface area contributed by atoms with Gasteiger partial charge in [0.1, 0.15) is 24.3 Å². The average molecular weight is 440 g/mol. The summed E-state index contributed by atoms with van der Waals surface area (Å²) in [6.45, 7) is 6.52. The highest BCUT2D eigenvalue weighted by molar-refractivity contribution is 5.69. The quantitative estimate of drug-likeness (QED) is 0.530. The summed E-state index contributed by atoms with van der Waals surface area (Å²) in [7, 11) is 3.90. The first kappa shape index (κ1) is 22.5. The van der Waals surface area contributed by atoms with Gasteiger partial charge in [0.05, 0.1) is 24.5 Å². The molecule has 1 aliphatic heterocycles. The molecule has 32 heavy (non-hydrogen) atoms. The van der Waals surface area contributed by atoms with Crippen LogP contribution in [0.4, 0.5) is 5.82 Å². The molecule has 0 saturated carbocycles. The molecule has 0 spiro atoms. The normalized spacial score (nSPS) is 17.2. The summed E-state index contributed by atoms with van der Waals surface area (Å²) in [4.78, 5) is 7.24. The van der Waals surface area contributed by atoms with Gasteiger partial charge in [-0.25, -0.2) is 4.98 Å². The second-order valence-electron chi connectivity index (χ2n) is 8.67. The van der Waals surface area contributed by atoms with Gasteiger partial charge in [0.15, 0.2) is 5.65 Å². The van der Waals surface area contributed by atoms with Gasteiger partial charge in [-0.15, -0.1) is 0 Å². The van der Waals surface area contributed by atoms with Crippen LogP contribution in [0, 0.1) is 0 Å². The van der Waals surface area contributed by atoms with Crippen molar-refractivity contribution in [3.05, 3.63) is 42.1 Å². The molecule has 4 rings (SSSR count). The molecular formula is C24H33N5O3. The van der Waals surface area contributed by atoms with Crippen LogP contribution in [0.3, 0.4) is 0 Å². The van der Waals surface area contributed by atoms with Crippen LogP contribution in [0.25, 0.3) is 16.9 Å². The first-order valence-electron chi connectivity index (χ1n) is 11.2. The fourth-order valence-corrected chi connectivity index (χ4v) is 4.02. The van der Waals surface area contributed by atoms with Gasteiger partial charge >= 0.3 is 0 Å². The van der Waals surface area contributed by atoms with Gasteiger partial charge in [-0.05, 0) is 31.5 Å². The number of likely N-dealkylation sites (N-methyl/N-ethyl adjacent to an activating group) is 2. The van der Waals surface area contributed by atoms with E-state index in [4.69, 9.17) is 14.5 Å². The molecule has 0 radical (unpaired) electrons. The van der Waals surface area contributed by atoms with Crippen LogP contribution in [-0.4, -0.2) is 72.3 Å². The van der Waals surface area contributed by atoms with E-state index in [1.54, 1.807) is 7.05 Å². The zero-order valence-electron chi connectivity index (χ0n) is 19.3. The Hall–Kier alpha value is -2.68. The van der Waals surface area contributed by atoms with Crippen molar-refractivity contribution < 1.29 is 14.6 Å². The van der Waals surface area contributed by atoms with Crippen molar-refractivity contribution in [1.82, 2.24) is 19.9 Å². The predicted octanol–water partition coefficient (Wildman–Crippen LogP) is 2.70. The van der Waals surface area contributed by atoms with E-state index in [0.29, 0.717) is 30.9 Å². The summed E-state index contributed by atoms with van der Waals surface area (Å²) >= 11 is 0. The third kappa shape index (κ3) is 4.72. The maximum Gasteiger partial charge on any atom is 0.161 e. The molecule has 1 aromatic carbocycles. The second kappa shape index (κ2) is 9.85. The molecule has 1 aliphatic rings. The van der Waals surface area contributed by atoms with Crippen molar-refractivity contribution in [1.29, 1.82) is 0 Å². The van der Waals surface area contributed by atoms with E-state index in [1.165, 1.54) is 0 Å². The van der Waals surface area contributed by atoms with E-state index in [1.807, 2.05) is 35.0 Å². The maximum absolute atomic E-state index is 9.95. The van der Waals surface area contributed by atoms with Crippen molar-refractivity contribution in [2.75, 3.05) is 45.4 Å². The number of fused-ring (bicyclic) bond motifs is 1. The standard InChI is InChI=1S/C24H33N5O3/c1-16(2)21-13-26-29-23(28(4)18-8-9-31-14-18)11-22(27-24(21)29)17-6-5-7-20(10-17)32-15-19(30)12-25-3/h5-7,10-11,13,16,18-19,25,30H,8-9,12,14-15H2,1-4H3. The Morgan fingerprint density at radius 2 is 2.19 bits per heavy atom. The van der Waals surface area contributed by atoms with Crippen molar-refractivity contribution in [2.24, 2.45) is 0 Å². The van der Waals surface area contributed by atoms with E-state index in [-0.39, 0.29) is 6.61 Å². The number of hydrogen-bond donors (Lipinski definition) is 2. The van der Waals surface area contributed by atoms with Crippen LogP contribution >= 0.6 is 0 Å². The molecule has 2 atom stereocenters. The van der Waals surface area contributed by atoms with Crippen LogP contribution in [-0.2, 0) is 4.74 Å². The topological polar surface area (TPSA) is 84.1 Å². The van der Waals surface area contributed by atoms with Crippen molar-refractivity contribution in [2.45, 2.75) is 38.3 Å². The van der Waals surface area contributed by atoms with Crippen LogP contribution in [0.2, 0.25) is 0 Å². The van der Waals surface area contributed by atoms with Gasteiger partial charge in [0.2, 0.25) is 0 Å². The Bertz CT molecular complexity index is 1050. The summed E-state index contributed by atoms with van der Waals surface area (Å²) in [6, 6.07) is 10.2. The molecular weight excluding hydrogens is 406 g/mol. The van der Waals surface area contributed by atoms with E-state index >= 15 is 0 Å². The van der Waals surface area contributed by atoms with Crippen LogP contribution in [0.1, 0.15) is 31.7 Å². The number of ether oxygens (including phenoxy) is 2. The predicted molar refractivity (Wildman–Crippen MR) is 126 cm³/mol. The Labute approximate surface area is 189 Å². The third-order valence-electron chi connectivity index (χ3n) is 5.93. The lowest BCUT2D eigenvalue weighted by molar-refractivity contribution is 0.108. The number of anilines is 1. The molecule has 1 saturated heterocycles. The molecule has 172 valence electrons. The van der Waals surface area contributed by atoms with E-state index < -0.39 is 6.10 Å². The molecule has 2 unspecified atom stereocenters. The number of aromatic nitrogens is 3. The summed E-state index contributed by atoms with van der Waals surface area (Å²) in [5, 5.41) is 17.6. The first-order valence-corrected chi connectivity index (χ1v) is 11.2. The first-order chi connectivity index (χ1) is 15.5. The number of rotatable bonds is 9. The van der Waals surface area contributed by atoms with Crippen molar-refractivity contribution in [3.8, 4) is 17.0 Å². The van der Waals surface area contributed by atoms with E-state index in [0.717, 1.165) is 41.3 Å². The lowest BCUT2D eigenvalue weighted by Gasteiger charge is -2.26. The van der Waals surface area contributed by atoms with Crippen molar-refractivity contribution >= 4 is 11.5 Å². The molecule has 0 bridgehead atoms. The van der Waals surface area contributed by atoms with E-state index in [2.05, 4.69) is 42.3 Å². The number of benzene rings is 1. The number of hydrogen-bond acceptors (Lipinski definition) is 7. The Morgan fingerprint density at radius 3 is 2.91 bits per heavy atom. The minimum absolute atomic E-state index is 0.229. The van der Waals surface area contributed by atoms with Crippen LogP contribution in [0.15, 0.2) is 36.5 Å². The number of aliphatic hydroxyl groups excluding tert-OH is 1. The fraction of sp³-hybridized carbons (Fsp3) is 0.500. The largest absolute Gasteiger partial charge is 0.491 e. The maximum atomic E-state index is 9.95. The van der Waals surface area contributed by atoms with Crippen LogP contribution in [0.5, 0.6) is 5.75 Å².